The van der Waals surface area contributed by atoms with Crippen LogP contribution in [0.25, 0.3) is 22.4 Å². The molecule has 1 amide bonds. The van der Waals surface area contributed by atoms with Crippen LogP contribution < -0.4 is 5.32 Å². The van der Waals surface area contributed by atoms with Gasteiger partial charge in [-0.15, -0.1) is 0 Å². The molecular formula is C22H24FN3O2. The maximum absolute atomic E-state index is 13.9. The van der Waals surface area contributed by atoms with Gasteiger partial charge < -0.3 is 15.0 Å². The fourth-order valence-electron chi connectivity index (χ4n) is 2.80. The summed E-state index contributed by atoms with van der Waals surface area (Å²) < 4.78 is 19.0. The van der Waals surface area contributed by atoms with Gasteiger partial charge in [-0.05, 0) is 18.1 Å². The fourth-order valence-corrected chi connectivity index (χ4v) is 2.80. The molecule has 0 saturated heterocycles. The Morgan fingerprint density at radius 2 is 1.89 bits per heavy atom. The van der Waals surface area contributed by atoms with Crippen LogP contribution in [0, 0.1) is 5.82 Å². The number of benzene rings is 2. The van der Waals surface area contributed by atoms with Crippen LogP contribution in [0.2, 0.25) is 0 Å². The summed E-state index contributed by atoms with van der Waals surface area (Å²) in [4.78, 5) is 19.2. The van der Waals surface area contributed by atoms with Gasteiger partial charge in [-0.3, -0.25) is 0 Å². The molecule has 0 aliphatic rings. The molecule has 2 aromatic carbocycles. The minimum Gasteiger partial charge on any atom is -0.450 e. The molecule has 0 radical (unpaired) electrons. The average Bonchev–Trinajstić information content (AvgIpc) is 3.18. The monoisotopic (exact) mass is 381 g/mol. The molecular weight excluding hydrogens is 357 g/mol. The number of alkyl carbamates (subject to hydrolysis) is 1. The Morgan fingerprint density at radius 3 is 2.64 bits per heavy atom. The summed E-state index contributed by atoms with van der Waals surface area (Å²) in [6.45, 7) is 2.93. The molecule has 5 nitrogen and oxygen atoms in total. The molecule has 2 N–H and O–H groups in total. The highest BCUT2D eigenvalue weighted by Crippen LogP contribution is 2.25. The van der Waals surface area contributed by atoms with Crippen molar-refractivity contribution in [3.8, 4) is 22.4 Å². The molecule has 0 aliphatic carbocycles. The minimum atomic E-state index is -0.399. The molecule has 1 aromatic heterocycles. The van der Waals surface area contributed by atoms with Crippen LogP contribution in [0.4, 0.5) is 9.18 Å². The Kier molecular flexibility index (Phi) is 6.78. The Labute approximate surface area is 164 Å². The number of carbonyl (C=O) groups excluding carboxylic acids is 1. The molecule has 146 valence electrons. The van der Waals surface area contributed by atoms with E-state index in [2.05, 4.69) is 15.3 Å². The van der Waals surface area contributed by atoms with Gasteiger partial charge in [0.2, 0.25) is 0 Å². The summed E-state index contributed by atoms with van der Waals surface area (Å²) in [5.41, 5.74) is 3.15. The lowest BCUT2D eigenvalue weighted by Gasteiger charge is -2.05. The van der Waals surface area contributed by atoms with Crippen LogP contribution in [0.3, 0.4) is 0 Å². The Morgan fingerprint density at radius 1 is 1.14 bits per heavy atom. The summed E-state index contributed by atoms with van der Waals surface area (Å²) in [7, 11) is 0. The number of H-pyrrole nitrogens is 1. The van der Waals surface area contributed by atoms with Crippen LogP contribution in [0.15, 0.2) is 54.7 Å². The van der Waals surface area contributed by atoms with E-state index in [0.717, 1.165) is 35.5 Å². The number of hydrogen-bond donors (Lipinski definition) is 2. The number of rotatable bonds is 8. The van der Waals surface area contributed by atoms with Gasteiger partial charge in [-0.25, -0.2) is 14.2 Å². The van der Waals surface area contributed by atoms with Crippen LogP contribution >= 0.6 is 0 Å². The first-order valence-corrected chi connectivity index (χ1v) is 9.47. The quantitative estimate of drug-likeness (QED) is 0.543. The third kappa shape index (κ3) is 5.19. The van der Waals surface area contributed by atoms with E-state index in [0.29, 0.717) is 25.1 Å². The number of nitrogens with one attached hydrogen (secondary N) is 2. The van der Waals surface area contributed by atoms with E-state index in [-0.39, 0.29) is 5.82 Å². The summed E-state index contributed by atoms with van der Waals surface area (Å²) in [6, 6.07) is 14.3. The van der Waals surface area contributed by atoms with Crippen molar-refractivity contribution in [1.82, 2.24) is 15.3 Å². The Hall–Kier alpha value is -3.15. The second-order valence-corrected chi connectivity index (χ2v) is 6.46. The van der Waals surface area contributed by atoms with Crippen molar-refractivity contribution in [3.63, 3.8) is 0 Å². The van der Waals surface area contributed by atoms with E-state index in [9.17, 15) is 9.18 Å². The molecule has 0 atom stereocenters. The van der Waals surface area contributed by atoms with E-state index >= 15 is 0 Å². The van der Waals surface area contributed by atoms with Gasteiger partial charge in [0.25, 0.3) is 0 Å². The van der Waals surface area contributed by atoms with Gasteiger partial charge in [0.05, 0.1) is 12.3 Å². The average molecular weight is 381 g/mol. The van der Waals surface area contributed by atoms with Crippen molar-refractivity contribution in [2.24, 2.45) is 0 Å². The lowest BCUT2D eigenvalue weighted by atomic mass is 10.0. The molecule has 0 unspecified atom stereocenters. The van der Waals surface area contributed by atoms with Crippen molar-refractivity contribution >= 4 is 6.09 Å². The highest BCUT2D eigenvalue weighted by Gasteiger charge is 2.08. The molecule has 0 aliphatic heterocycles. The first kappa shape index (κ1) is 19.6. The van der Waals surface area contributed by atoms with Gasteiger partial charge in [0, 0.05) is 30.3 Å². The first-order valence-electron chi connectivity index (χ1n) is 9.47. The van der Waals surface area contributed by atoms with Gasteiger partial charge in [0.1, 0.15) is 11.6 Å². The lowest BCUT2D eigenvalue weighted by Crippen LogP contribution is -2.27. The topological polar surface area (TPSA) is 67.0 Å². The van der Waals surface area contributed by atoms with Crippen LogP contribution in [0.1, 0.15) is 25.6 Å². The highest BCUT2D eigenvalue weighted by atomic mass is 19.1. The number of ether oxygens (including phenoxy) is 1. The second kappa shape index (κ2) is 9.69. The van der Waals surface area contributed by atoms with E-state index in [1.54, 1.807) is 12.1 Å². The SMILES string of the molecule is CCCCOC(=O)NCCc1nc(-c2ccc(-c3ccccc3F)cc2)c[nH]1. The third-order valence-corrected chi connectivity index (χ3v) is 4.36. The van der Waals surface area contributed by atoms with Gasteiger partial charge in [0.15, 0.2) is 0 Å². The van der Waals surface area contributed by atoms with Gasteiger partial charge in [-0.2, -0.15) is 0 Å². The number of aromatic nitrogens is 2. The molecule has 0 saturated carbocycles. The maximum atomic E-state index is 13.9. The zero-order valence-electron chi connectivity index (χ0n) is 15.9. The number of imidazole rings is 1. The van der Waals surface area contributed by atoms with Crippen molar-refractivity contribution in [3.05, 3.63) is 66.4 Å². The minimum absolute atomic E-state index is 0.238. The third-order valence-electron chi connectivity index (χ3n) is 4.36. The van der Waals surface area contributed by atoms with E-state index in [1.165, 1.54) is 6.07 Å². The number of unbranched alkanes of at least 4 members (excludes halogenated alkanes) is 1. The molecule has 0 fully saturated rings. The summed E-state index contributed by atoms with van der Waals surface area (Å²) in [5.74, 6) is 0.542. The van der Waals surface area contributed by atoms with Gasteiger partial charge in [-0.1, -0.05) is 55.8 Å². The van der Waals surface area contributed by atoms with Crippen molar-refractivity contribution in [1.29, 1.82) is 0 Å². The van der Waals surface area contributed by atoms with E-state index in [1.807, 2.05) is 43.5 Å². The number of halogens is 1. The smallest absolute Gasteiger partial charge is 0.407 e. The largest absolute Gasteiger partial charge is 0.450 e. The molecule has 3 aromatic rings. The molecule has 28 heavy (non-hydrogen) atoms. The van der Waals surface area contributed by atoms with E-state index in [4.69, 9.17) is 4.74 Å². The number of aromatic amines is 1. The normalized spacial score (nSPS) is 10.6. The predicted molar refractivity (Wildman–Crippen MR) is 107 cm³/mol. The zero-order valence-corrected chi connectivity index (χ0v) is 15.9. The standard InChI is InChI=1S/C22H24FN3O2/c1-2-3-14-28-22(27)24-13-12-21-25-15-20(26-21)17-10-8-16(9-11-17)18-6-4-5-7-19(18)23/h4-11,15H,2-3,12-14H2,1H3,(H,24,27)(H,25,26). The zero-order chi connectivity index (χ0) is 19.8. The van der Waals surface area contributed by atoms with Gasteiger partial charge >= 0.3 is 6.09 Å². The summed E-state index contributed by atoms with van der Waals surface area (Å²) in [6.07, 6.45) is 3.86. The van der Waals surface area contributed by atoms with Crippen LogP contribution in [-0.2, 0) is 11.2 Å². The van der Waals surface area contributed by atoms with Crippen molar-refractivity contribution in [2.45, 2.75) is 26.2 Å². The molecule has 0 spiro atoms. The summed E-state index contributed by atoms with van der Waals surface area (Å²) >= 11 is 0. The van der Waals surface area contributed by atoms with E-state index < -0.39 is 6.09 Å². The number of amides is 1. The van der Waals surface area contributed by atoms with Crippen LogP contribution in [0.5, 0.6) is 0 Å². The van der Waals surface area contributed by atoms with Crippen molar-refractivity contribution < 1.29 is 13.9 Å². The number of nitrogens with zero attached hydrogens (tertiary/aromatic N) is 1. The molecule has 6 heteroatoms. The summed E-state index contributed by atoms with van der Waals surface area (Å²) in [5, 5.41) is 2.71. The first-order chi connectivity index (χ1) is 13.7. The predicted octanol–water partition coefficient (Wildman–Crippen LogP) is 4.95. The maximum Gasteiger partial charge on any atom is 0.407 e. The molecule has 0 bridgehead atoms. The second-order valence-electron chi connectivity index (χ2n) is 6.46. The Balaban J connectivity index is 1.55. The highest BCUT2D eigenvalue weighted by molar-refractivity contribution is 5.69. The number of hydrogen-bond acceptors (Lipinski definition) is 3. The fraction of sp³-hybridized carbons (Fsp3) is 0.273. The Bertz CT molecular complexity index is 906. The van der Waals surface area contributed by atoms with Crippen LogP contribution in [-0.4, -0.2) is 29.2 Å². The number of carbonyl (C=O) groups is 1. The molecule has 1 heterocycles. The lowest BCUT2D eigenvalue weighted by molar-refractivity contribution is 0.144. The van der Waals surface area contributed by atoms with Crippen molar-refractivity contribution in [2.75, 3.05) is 13.2 Å². The molecule has 3 rings (SSSR count).